The highest BCUT2D eigenvalue weighted by atomic mass is 79.9. The average Bonchev–Trinajstić information content (AvgIpc) is 2.27. The zero-order valence-electron chi connectivity index (χ0n) is 9.39. The zero-order valence-corrected chi connectivity index (χ0v) is 12.6. The molecule has 16 heavy (non-hydrogen) atoms. The van der Waals surface area contributed by atoms with E-state index in [4.69, 9.17) is 0 Å². The average molecular weight is 349 g/mol. The van der Waals surface area contributed by atoms with Crippen LogP contribution in [-0.4, -0.2) is 17.8 Å². The third-order valence-corrected chi connectivity index (χ3v) is 4.24. The van der Waals surface area contributed by atoms with Crippen molar-refractivity contribution in [3.8, 4) is 0 Å². The molecule has 0 heterocycles. The van der Waals surface area contributed by atoms with Gasteiger partial charge in [-0.25, -0.2) is 0 Å². The Morgan fingerprint density at radius 3 is 2.38 bits per heavy atom. The van der Waals surface area contributed by atoms with Gasteiger partial charge in [-0.1, -0.05) is 45.7 Å². The smallest absolute Gasteiger partial charge is 0.251 e. The van der Waals surface area contributed by atoms with Crippen molar-refractivity contribution in [2.45, 2.75) is 13.8 Å². The first-order chi connectivity index (χ1) is 7.44. The molecule has 1 rings (SSSR count). The van der Waals surface area contributed by atoms with Crippen molar-refractivity contribution < 1.29 is 4.79 Å². The van der Waals surface area contributed by atoms with E-state index in [9.17, 15) is 4.79 Å². The summed E-state index contributed by atoms with van der Waals surface area (Å²) < 4.78 is 0.977. The van der Waals surface area contributed by atoms with Gasteiger partial charge in [0.2, 0.25) is 0 Å². The van der Waals surface area contributed by atoms with Crippen molar-refractivity contribution in [2.75, 3.05) is 11.9 Å². The maximum Gasteiger partial charge on any atom is 0.251 e. The first-order valence-corrected chi connectivity index (χ1v) is 6.96. The standard InChI is InChI=1S/C12H15Br2NO/c1-12(2,7-13)8-15-11(16)9-3-5-10(14)6-4-9/h3-6H,7-8H2,1-2H3,(H,15,16). The number of benzene rings is 1. The van der Waals surface area contributed by atoms with Crippen LogP contribution in [-0.2, 0) is 0 Å². The molecule has 0 aliphatic heterocycles. The summed E-state index contributed by atoms with van der Waals surface area (Å²) >= 11 is 6.77. The van der Waals surface area contributed by atoms with Crippen molar-refractivity contribution in [3.05, 3.63) is 34.3 Å². The van der Waals surface area contributed by atoms with Gasteiger partial charge in [0.25, 0.3) is 5.91 Å². The van der Waals surface area contributed by atoms with E-state index in [0.29, 0.717) is 12.1 Å². The van der Waals surface area contributed by atoms with Gasteiger partial charge in [0.05, 0.1) is 0 Å². The number of rotatable bonds is 4. The van der Waals surface area contributed by atoms with Gasteiger partial charge in [0.15, 0.2) is 0 Å². The van der Waals surface area contributed by atoms with E-state index in [1.807, 2.05) is 12.1 Å². The number of alkyl halides is 1. The van der Waals surface area contributed by atoms with E-state index in [1.165, 1.54) is 0 Å². The van der Waals surface area contributed by atoms with Crippen LogP contribution in [0.1, 0.15) is 24.2 Å². The lowest BCUT2D eigenvalue weighted by atomic mass is 9.97. The highest BCUT2D eigenvalue weighted by molar-refractivity contribution is 9.10. The lowest BCUT2D eigenvalue weighted by Gasteiger charge is -2.21. The Morgan fingerprint density at radius 1 is 1.31 bits per heavy atom. The van der Waals surface area contributed by atoms with Gasteiger partial charge in [0.1, 0.15) is 0 Å². The Kier molecular flexibility index (Phi) is 4.99. The summed E-state index contributed by atoms with van der Waals surface area (Å²) in [4.78, 5) is 11.8. The molecule has 1 amide bonds. The first kappa shape index (κ1) is 13.7. The van der Waals surface area contributed by atoms with Gasteiger partial charge < -0.3 is 5.32 Å². The predicted octanol–water partition coefficient (Wildman–Crippen LogP) is 3.60. The number of halogens is 2. The molecule has 0 atom stereocenters. The van der Waals surface area contributed by atoms with Crippen molar-refractivity contribution in [1.29, 1.82) is 0 Å². The molecule has 0 bridgehead atoms. The van der Waals surface area contributed by atoms with E-state index >= 15 is 0 Å². The molecule has 1 aromatic rings. The van der Waals surface area contributed by atoms with Crippen LogP contribution in [0.3, 0.4) is 0 Å². The SMILES string of the molecule is CC(C)(CBr)CNC(=O)c1ccc(Br)cc1. The van der Waals surface area contributed by atoms with Gasteiger partial charge in [-0.2, -0.15) is 0 Å². The van der Waals surface area contributed by atoms with E-state index in [1.54, 1.807) is 12.1 Å². The van der Waals surface area contributed by atoms with Gasteiger partial charge in [0, 0.05) is 21.9 Å². The highest BCUT2D eigenvalue weighted by Crippen LogP contribution is 2.17. The number of carbonyl (C=O) groups is 1. The lowest BCUT2D eigenvalue weighted by molar-refractivity contribution is 0.0940. The van der Waals surface area contributed by atoms with Crippen LogP contribution in [0.2, 0.25) is 0 Å². The summed E-state index contributed by atoms with van der Waals surface area (Å²) in [5.41, 5.74) is 0.763. The number of hydrogen-bond acceptors (Lipinski definition) is 1. The van der Waals surface area contributed by atoms with Crippen molar-refractivity contribution in [3.63, 3.8) is 0 Å². The minimum absolute atomic E-state index is 0.0264. The number of carbonyl (C=O) groups excluding carboxylic acids is 1. The molecule has 1 N–H and O–H groups in total. The van der Waals surface area contributed by atoms with Gasteiger partial charge in [-0.3, -0.25) is 4.79 Å². The van der Waals surface area contributed by atoms with Gasteiger partial charge in [-0.15, -0.1) is 0 Å². The van der Waals surface area contributed by atoms with E-state index in [2.05, 4.69) is 51.0 Å². The molecule has 0 aliphatic rings. The number of nitrogens with one attached hydrogen (secondary N) is 1. The maximum atomic E-state index is 11.8. The van der Waals surface area contributed by atoms with Crippen LogP contribution in [0.25, 0.3) is 0 Å². The molecular weight excluding hydrogens is 334 g/mol. The summed E-state index contributed by atoms with van der Waals surface area (Å²) in [6, 6.07) is 7.34. The molecular formula is C12H15Br2NO. The molecule has 88 valence electrons. The third kappa shape index (κ3) is 4.26. The first-order valence-electron chi connectivity index (χ1n) is 5.04. The second-order valence-corrected chi connectivity index (χ2v) is 5.96. The molecule has 0 fully saturated rings. The molecule has 0 saturated carbocycles. The summed E-state index contributed by atoms with van der Waals surface area (Å²) in [7, 11) is 0. The second kappa shape index (κ2) is 5.82. The van der Waals surface area contributed by atoms with Gasteiger partial charge >= 0.3 is 0 Å². The van der Waals surface area contributed by atoms with Crippen LogP contribution >= 0.6 is 31.9 Å². The van der Waals surface area contributed by atoms with Crippen molar-refractivity contribution >= 4 is 37.8 Å². The number of amides is 1. The summed E-state index contributed by atoms with van der Waals surface area (Å²) in [5, 5.41) is 3.79. The van der Waals surface area contributed by atoms with Crippen LogP contribution in [0, 0.1) is 5.41 Å². The Labute approximate surface area is 113 Å². The summed E-state index contributed by atoms with van der Waals surface area (Å²) in [5.74, 6) is -0.0264. The molecule has 0 aromatic heterocycles. The van der Waals surface area contributed by atoms with Crippen LogP contribution in [0.15, 0.2) is 28.7 Å². The summed E-state index contributed by atoms with van der Waals surface area (Å²) in [6.07, 6.45) is 0. The molecule has 0 saturated heterocycles. The monoisotopic (exact) mass is 347 g/mol. The van der Waals surface area contributed by atoms with Crippen molar-refractivity contribution in [2.24, 2.45) is 5.41 Å². The highest BCUT2D eigenvalue weighted by Gasteiger charge is 2.17. The largest absolute Gasteiger partial charge is 0.351 e. The summed E-state index contributed by atoms with van der Waals surface area (Å²) in [6.45, 7) is 4.86. The van der Waals surface area contributed by atoms with E-state index in [0.717, 1.165) is 9.80 Å². The molecule has 0 spiro atoms. The minimum atomic E-state index is -0.0264. The third-order valence-electron chi connectivity index (χ3n) is 2.20. The Balaban J connectivity index is 2.56. The van der Waals surface area contributed by atoms with E-state index < -0.39 is 0 Å². The maximum absolute atomic E-state index is 11.8. The molecule has 4 heteroatoms. The molecule has 0 radical (unpaired) electrons. The van der Waals surface area contributed by atoms with Crippen molar-refractivity contribution in [1.82, 2.24) is 5.32 Å². The predicted molar refractivity (Wildman–Crippen MR) is 74.1 cm³/mol. The van der Waals surface area contributed by atoms with Gasteiger partial charge in [-0.05, 0) is 29.7 Å². The van der Waals surface area contributed by atoms with Crippen LogP contribution in [0.4, 0.5) is 0 Å². The Morgan fingerprint density at radius 2 is 1.88 bits per heavy atom. The second-order valence-electron chi connectivity index (χ2n) is 4.49. The van der Waals surface area contributed by atoms with E-state index in [-0.39, 0.29) is 11.3 Å². The fourth-order valence-electron chi connectivity index (χ4n) is 1.07. The fourth-order valence-corrected chi connectivity index (χ4v) is 1.53. The molecule has 1 aromatic carbocycles. The number of hydrogen-bond donors (Lipinski definition) is 1. The normalized spacial score (nSPS) is 11.2. The van der Waals surface area contributed by atoms with Crippen LogP contribution < -0.4 is 5.32 Å². The minimum Gasteiger partial charge on any atom is -0.351 e. The lowest BCUT2D eigenvalue weighted by Crippen LogP contribution is -2.34. The zero-order chi connectivity index (χ0) is 12.2. The molecule has 2 nitrogen and oxygen atoms in total. The molecule has 0 aliphatic carbocycles. The Hall–Kier alpha value is -0.350. The quantitative estimate of drug-likeness (QED) is 0.827. The Bertz CT molecular complexity index is 360. The van der Waals surface area contributed by atoms with Crippen LogP contribution in [0.5, 0.6) is 0 Å². The fraction of sp³-hybridized carbons (Fsp3) is 0.417. The topological polar surface area (TPSA) is 29.1 Å². The molecule has 0 unspecified atom stereocenters.